The van der Waals surface area contributed by atoms with Crippen molar-refractivity contribution < 1.29 is 9.47 Å². The van der Waals surface area contributed by atoms with Crippen LogP contribution in [0.1, 0.15) is 46.6 Å². The average molecular weight is 342 g/mol. The van der Waals surface area contributed by atoms with Crippen LogP contribution in [0.4, 0.5) is 0 Å². The Balaban J connectivity index is 0.00000484. The third-order valence-electron chi connectivity index (χ3n) is 3.33. The van der Waals surface area contributed by atoms with Gasteiger partial charge in [-0.25, -0.2) is 0 Å². The maximum atomic E-state index is 5.58. The zero-order chi connectivity index (χ0) is 16.8. The molecule has 0 saturated heterocycles. The Morgan fingerprint density at radius 2 is 1.78 bits per heavy atom. The lowest BCUT2D eigenvalue weighted by Gasteiger charge is -2.33. The van der Waals surface area contributed by atoms with Gasteiger partial charge in [-0.15, -0.1) is 12.4 Å². The van der Waals surface area contributed by atoms with E-state index in [1.165, 1.54) is 5.56 Å². The standard InChI is InChI=1S/C19H31NO2.ClH/c1-8-11-22-16-10-9-15(12-17(16)21-7)13-20-19(5,6)14-18(2,3)4;/h8-10,12,20H,1,11,13-14H2,2-7H3;1H. The van der Waals surface area contributed by atoms with Crippen molar-refractivity contribution in [3.63, 3.8) is 0 Å². The number of methoxy groups -OCH3 is 1. The van der Waals surface area contributed by atoms with Crippen LogP contribution in [0.2, 0.25) is 0 Å². The third kappa shape index (κ3) is 8.29. The van der Waals surface area contributed by atoms with Crippen LogP contribution in [0.3, 0.4) is 0 Å². The lowest BCUT2D eigenvalue weighted by Crippen LogP contribution is -2.41. The molecule has 0 fully saturated rings. The summed E-state index contributed by atoms with van der Waals surface area (Å²) < 4.78 is 11.0. The highest BCUT2D eigenvalue weighted by atomic mass is 35.5. The molecule has 0 spiro atoms. The van der Waals surface area contributed by atoms with E-state index in [0.717, 1.165) is 24.5 Å². The first-order valence-corrected chi connectivity index (χ1v) is 7.82. The lowest BCUT2D eigenvalue weighted by molar-refractivity contribution is 0.240. The smallest absolute Gasteiger partial charge is 0.161 e. The first-order valence-electron chi connectivity index (χ1n) is 7.82. The molecule has 1 N–H and O–H groups in total. The lowest BCUT2D eigenvalue weighted by atomic mass is 9.82. The van der Waals surface area contributed by atoms with Gasteiger partial charge in [0, 0.05) is 12.1 Å². The van der Waals surface area contributed by atoms with Crippen molar-refractivity contribution in [2.24, 2.45) is 5.41 Å². The van der Waals surface area contributed by atoms with Crippen molar-refractivity contribution in [1.82, 2.24) is 5.32 Å². The van der Waals surface area contributed by atoms with Crippen molar-refractivity contribution in [2.45, 2.75) is 53.1 Å². The molecule has 0 aliphatic rings. The Bertz CT molecular complexity index is 493. The van der Waals surface area contributed by atoms with Crippen LogP contribution in [0.5, 0.6) is 11.5 Å². The molecule has 0 radical (unpaired) electrons. The van der Waals surface area contributed by atoms with Crippen molar-refractivity contribution >= 4 is 12.4 Å². The van der Waals surface area contributed by atoms with Crippen LogP contribution in [-0.4, -0.2) is 19.3 Å². The summed E-state index contributed by atoms with van der Waals surface area (Å²) in [7, 11) is 1.66. The Labute approximate surface area is 147 Å². The largest absolute Gasteiger partial charge is 0.493 e. The third-order valence-corrected chi connectivity index (χ3v) is 3.33. The molecule has 132 valence electrons. The minimum Gasteiger partial charge on any atom is -0.493 e. The first kappa shape index (κ1) is 21.8. The number of hydrogen-bond donors (Lipinski definition) is 1. The molecule has 0 aliphatic heterocycles. The van der Waals surface area contributed by atoms with Crippen molar-refractivity contribution in [3.8, 4) is 11.5 Å². The monoisotopic (exact) mass is 341 g/mol. The maximum absolute atomic E-state index is 5.58. The fraction of sp³-hybridized carbons (Fsp3) is 0.579. The molecule has 1 aromatic carbocycles. The van der Waals surface area contributed by atoms with E-state index in [0.29, 0.717) is 12.0 Å². The topological polar surface area (TPSA) is 30.5 Å². The van der Waals surface area contributed by atoms with Gasteiger partial charge in [0.1, 0.15) is 6.61 Å². The highest BCUT2D eigenvalue weighted by Crippen LogP contribution is 2.29. The van der Waals surface area contributed by atoms with Gasteiger partial charge in [-0.3, -0.25) is 0 Å². The van der Waals surface area contributed by atoms with Gasteiger partial charge in [-0.05, 0) is 43.4 Å². The Morgan fingerprint density at radius 3 is 2.30 bits per heavy atom. The van der Waals surface area contributed by atoms with Gasteiger partial charge in [-0.1, -0.05) is 39.5 Å². The van der Waals surface area contributed by atoms with Gasteiger partial charge in [0.15, 0.2) is 11.5 Å². The van der Waals surface area contributed by atoms with E-state index in [-0.39, 0.29) is 17.9 Å². The number of benzene rings is 1. The molecular weight excluding hydrogens is 310 g/mol. The van der Waals surface area contributed by atoms with Crippen LogP contribution < -0.4 is 14.8 Å². The first-order chi connectivity index (χ1) is 10.2. The second-order valence-corrected chi connectivity index (χ2v) is 7.56. The van der Waals surface area contributed by atoms with E-state index >= 15 is 0 Å². The van der Waals surface area contributed by atoms with Gasteiger partial charge in [0.05, 0.1) is 7.11 Å². The normalized spacial score (nSPS) is 11.6. The van der Waals surface area contributed by atoms with Gasteiger partial charge in [-0.2, -0.15) is 0 Å². The second kappa shape index (κ2) is 9.19. The molecule has 3 nitrogen and oxygen atoms in total. The van der Waals surface area contributed by atoms with Gasteiger partial charge >= 0.3 is 0 Å². The Morgan fingerprint density at radius 1 is 1.13 bits per heavy atom. The number of rotatable bonds is 8. The summed E-state index contributed by atoms with van der Waals surface area (Å²) in [6.45, 7) is 16.2. The van der Waals surface area contributed by atoms with Crippen molar-refractivity contribution in [3.05, 3.63) is 36.4 Å². The SMILES string of the molecule is C=CCOc1ccc(CNC(C)(C)CC(C)(C)C)cc1OC.Cl. The van der Waals surface area contributed by atoms with Crippen molar-refractivity contribution in [2.75, 3.05) is 13.7 Å². The predicted molar refractivity (Wildman–Crippen MR) is 101 cm³/mol. The Hall–Kier alpha value is -1.19. The minimum absolute atomic E-state index is 0. The number of halogens is 1. The quantitative estimate of drug-likeness (QED) is 0.676. The summed E-state index contributed by atoms with van der Waals surface area (Å²) in [6.07, 6.45) is 2.83. The van der Waals surface area contributed by atoms with E-state index in [2.05, 4.69) is 52.6 Å². The number of ether oxygens (including phenoxy) is 2. The summed E-state index contributed by atoms with van der Waals surface area (Å²) in [5.74, 6) is 1.51. The highest BCUT2D eigenvalue weighted by molar-refractivity contribution is 5.85. The molecule has 0 bridgehead atoms. The average Bonchev–Trinajstić information content (AvgIpc) is 2.40. The molecule has 0 aliphatic carbocycles. The predicted octanol–water partition coefficient (Wildman–Crippen LogP) is 4.99. The highest BCUT2D eigenvalue weighted by Gasteiger charge is 2.24. The number of nitrogens with one attached hydrogen (secondary N) is 1. The molecular formula is C19H32ClNO2. The van der Waals surface area contributed by atoms with Crippen LogP contribution in [-0.2, 0) is 6.54 Å². The fourth-order valence-corrected chi connectivity index (χ4v) is 2.82. The van der Waals surface area contributed by atoms with Crippen molar-refractivity contribution in [1.29, 1.82) is 0 Å². The molecule has 23 heavy (non-hydrogen) atoms. The van der Waals surface area contributed by atoms with Gasteiger partial charge in [0.25, 0.3) is 0 Å². The molecule has 1 aromatic rings. The van der Waals surface area contributed by atoms with E-state index in [1.54, 1.807) is 13.2 Å². The van der Waals surface area contributed by atoms with Gasteiger partial charge < -0.3 is 14.8 Å². The summed E-state index contributed by atoms with van der Waals surface area (Å²) in [6, 6.07) is 6.05. The zero-order valence-corrected chi connectivity index (χ0v) is 16.2. The van der Waals surface area contributed by atoms with Crippen LogP contribution in [0.25, 0.3) is 0 Å². The Kier molecular flexibility index (Phi) is 8.71. The van der Waals surface area contributed by atoms with Gasteiger partial charge in [0.2, 0.25) is 0 Å². The summed E-state index contributed by atoms with van der Waals surface area (Å²) in [5.41, 5.74) is 1.57. The molecule has 0 aromatic heterocycles. The van der Waals surface area contributed by atoms with E-state index in [4.69, 9.17) is 9.47 Å². The number of hydrogen-bond acceptors (Lipinski definition) is 3. The fourth-order valence-electron chi connectivity index (χ4n) is 2.82. The van der Waals surface area contributed by atoms with Crippen LogP contribution in [0, 0.1) is 5.41 Å². The molecule has 1 rings (SSSR count). The zero-order valence-electron chi connectivity index (χ0n) is 15.4. The van der Waals surface area contributed by atoms with Crippen LogP contribution in [0.15, 0.2) is 30.9 Å². The van der Waals surface area contributed by atoms with E-state index < -0.39 is 0 Å². The molecule has 0 amide bonds. The molecule has 0 heterocycles. The van der Waals surface area contributed by atoms with E-state index in [9.17, 15) is 0 Å². The summed E-state index contributed by atoms with van der Waals surface area (Å²) in [5, 5.41) is 3.63. The molecule has 0 unspecified atom stereocenters. The minimum atomic E-state index is 0. The molecule has 4 heteroatoms. The summed E-state index contributed by atoms with van der Waals surface area (Å²) >= 11 is 0. The van der Waals surface area contributed by atoms with Crippen LogP contribution >= 0.6 is 12.4 Å². The summed E-state index contributed by atoms with van der Waals surface area (Å²) in [4.78, 5) is 0. The maximum Gasteiger partial charge on any atom is 0.161 e. The molecule has 0 saturated carbocycles. The van der Waals surface area contributed by atoms with E-state index in [1.807, 2.05) is 12.1 Å². The second-order valence-electron chi connectivity index (χ2n) is 7.56. The molecule has 0 atom stereocenters.